The zero-order valence-electron chi connectivity index (χ0n) is 8.24. The Kier molecular flexibility index (Phi) is 7.53. The third-order valence-corrected chi connectivity index (χ3v) is 1.32. The molecule has 5 nitrogen and oxygen atoms in total. The van der Waals surface area contributed by atoms with Crippen LogP contribution >= 0.6 is 0 Å². The summed E-state index contributed by atoms with van der Waals surface area (Å²) in [6.07, 6.45) is 3.06. The predicted octanol–water partition coefficient (Wildman–Crippen LogP) is -2.18. The van der Waals surface area contributed by atoms with Crippen molar-refractivity contribution in [3.8, 4) is 0 Å². The average molecular weight is 213 g/mol. The summed E-state index contributed by atoms with van der Waals surface area (Å²) in [6.45, 7) is 0. The fraction of sp³-hybridized carbons (Fsp3) is 0. The van der Waals surface area contributed by atoms with Gasteiger partial charge in [0.2, 0.25) is 0 Å². The van der Waals surface area contributed by atoms with Gasteiger partial charge < -0.3 is 20.5 Å². The van der Waals surface area contributed by atoms with Crippen LogP contribution in [0.25, 0.3) is 0 Å². The number of carboxylic acid groups (broad SMARTS) is 1. The van der Waals surface area contributed by atoms with Crippen LogP contribution in [0.5, 0.6) is 0 Å². The molecule has 6 heteroatoms. The Morgan fingerprint density at radius 1 is 1.13 bits per heavy atom. The van der Waals surface area contributed by atoms with Gasteiger partial charge in [0.25, 0.3) is 0 Å². The van der Waals surface area contributed by atoms with Crippen molar-refractivity contribution >= 4 is 5.97 Å². The van der Waals surface area contributed by atoms with Gasteiger partial charge in [-0.1, -0.05) is 18.2 Å². The SMILES string of the molecule is O=C(O)c1ccccc1.[Na+].c1cn[n-]n1. The number of nitrogens with zero attached hydrogens (tertiary/aromatic N) is 3. The minimum Gasteiger partial charge on any atom is -0.493 e. The molecule has 1 aromatic carbocycles. The van der Waals surface area contributed by atoms with Crippen molar-refractivity contribution in [2.24, 2.45) is 0 Å². The van der Waals surface area contributed by atoms with Gasteiger partial charge in [-0.3, -0.25) is 0 Å². The second-order valence-corrected chi connectivity index (χ2v) is 2.29. The molecule has 0 bridgehead atoms. The van der Waals surface area contributed by atoms with E-state index in [0.29, 0.717) is 5.56 Å². The molecule has 0 saturated heterocycles. The molecule has 2 rings (SSSR count). The summed E-state index contributed by atoms with van der Waals surface area (Å²) in [5.74, 6) is -0.879. The Labute approximate surface area is 109 Å². The van der Waals surface area contributed by atoms with Gasteiger partial charge in [-0.05, 0) is 12.1 Å². The Balaban J connectivity index is 0.000000280. The van der Waals surface area contributed by atoms with Gasteiger partial charge in [0.15, 0.2) is 0 Å². The molecule has 72 valence electrons. The number of hydrogen-bond acceptors (Lipinski definition) is 3. The second kappa shape index (κ2) is 8.16. The number of rotatable bonds is 1. The largest absolute Gasteiger partial charge is 1.00 e. The first-order chi connectivity index (χ1) is 6.80. The van der Waals surface area contributed by atoms with E-state index in [1.54, 1.807) is 30.3 Å². The van der Waals surface area contributed by atoms with E-state index in [9.17, 15) is 4.79 Å². The van der Waals surface area contributed by atoms with Gasteiger partial charge in [0.1, 0.15) is 0 Å². The molecule has 0 amide bonds. The summed E-state index contributed by atoms with van der Waals surface area (Å²) in [5, 5.41) is 18.3. The van der Waals surface area contributed by atoms with E-state index in [-0.39, 0.29) is 29.6 Å². The quantitative estimate of drug-likeness (QED) is 0.545. The van der Waals surface area contributed by atoms with Gasteiger partial charge in [0.05, 0.1) is 5.56 Å². The van der Waals surface area contributed by atoms with Crippen molar-refractivity contribution in [1.82, 2.24) is 15.4 Å². The standard InChI is InChI=1S/C7H6O2.C2H2N3.Na/c8-7(9)6-4-2-1-3-5-6;1-2-4-5-3-1;/h1-5H,(H,8,9);1-2H;/q;-1;+1. The number of carbonyl (C=O) groups is 1. The molecule has 15 heavy (non-hydrogen) atoms. The van der Waals surface area contributed by atoms with E-state index in [0.717, 1.165) is 0 Å². The zero-order chi connectivity index (χ0) is 10.2. The molecule has 0 radical (unpaired) electrons. The molecule has 0 saturated carbocycles. The maximum atomic E-state index is 10.2. The molecular weight excluding hydrogens is 205 g/mol. The topological polar surface area (TPSA) is 77.2 Å². The first-order valence-electron chi connectivity index (χ1n) is 3.84. The van der Waals surface area contributed by atoms with E-state index >= 15 is 0 Å². The van der Waals surface area contributed by atoms with Crippen LogP contribution < -0.4 is 34.8 Å². The molecule has 0 aliphatic rings. The van der Waals surface area contributed by atoms with E-state index in [4.69, 9.17) is 5.11 Å². The van der Waals surface area contributed by atoms with Crippen LogP contribution in [0.3, 0.4) is 0 Å². The molecule has 1 N–H and O–H groups in total. The Bertz CT molecular complexity index is 347. The average Bonchev–Trinajstić information content (AvgIpc) is 2.77. The Hall–Kier alpha value is -1.17. The molecular formula is C9H8N3NaO2. The van der Waals surface area contributed by atoms with E-state index in [1.165, 1.54) is 12.4 Å². The van der Waals surface area contributed by atoms with Crippen LogP contribution in [-0.4, -0.2) is 21.3 Å². The normalized spacial score (nSPS) is 8.00. The van der Waals surface area contributed by atoms with Gasteiger partial charge >= 0.3 is 35.5 Å². The molecule has 0 fully saturated rings. The molecule has 2 aromatic rings. The molecule has 1 aromatic heterocycles. The maximum Gasteiger partial charge on any atom is 1.00 e. The maximum absolute atomic E-state index is 10.2. The van der Waals surface area contributed by atoms with Crippen molar-refractivity contribution in [2.45, 2.75) is 0 Å². The van der Waals surface area contributed by atoms with E-state index in [2.05, 4.69) is 15.4 Å². The molecule has 1 heterocycles. The van der Waals surface area contributed by atoms with Crippen molar-refractivity contribution in [1.29, 1.82) is 0 Å². The first kappa shape index (κ1) is 13.8. The van der Waals surface area contributed by atoms with Crippen LogP contribution in [0.1, 0.15) is 10.4 Å². The number of aromatic carboxylic acids is 1. The van der Waals surface area contributed by atoms with Gasteiger partial charge in [-0.25, -0.2) is 4.79 Å². The summed E-state index contributed by atoms with van der Waals surface area (Å²) in [5.41, 5.74) is 0.331. The van der Waals surface area contributed by atoms with Gasteiger partial charge in [-0.2, -0.15) is 0 Å². The van der Waals surface area contributed by atoms with Gasteiger partial charge in [0, 0.05) is 12.4 Å². The number of benzene rings is 1. The Morgan fingerprint density at radius 2 is 1.67 bits per heavy atom. The monoisotopic (exact) mass is 213 g/mol. The molecule has 0 atom stereocenters. The fourth-order valence-electron chi connectivity index (χ4n) is 0.730. The van der Waals surface area contributed by atoms with E-state index in [1.807, 2.05) is 0 Å². The third kappa shape index (κ3) is 6.01. The van der Waals surface area contributed by atoms with Crippen LogP contribution in [0.15, 0.2) is 42.7 Å². The van der Waals surface area contributed by atoms with Crippen molar-refractivity contribution in [2.75, 3.05) is 0 Å². The smallest absolute Gasteiger partial charge is 0.493 e. The summed E-state index contributed by atoms with van der Waals surface area (Å²) >= 11 is 0. The number of hydrogen-bond donors (Lipinski definition) is 1. The number of aromatic nitrogens is 3. The summed E-state index contributed by atoms with van der Waals surface area (Å²) < 4.78 is 0. The third-order valence-electron chi connectivity index (χ3n) is 1.32. The van der Waals surface area contributed by atoms with Crippen molar-refractivity contribution in [3.05, 3.63) is 48.3 Å². The summed E-state index contributed by atoms with van der Waals surface area (Å²) in [7, 11) is 0. The molecule has 0 aliphatic heterocycles. The van der Waals surface area contributed by atoms with Crippen LogP contribution in [0, 0.1) is 0 Å². The summed E-state index contributed by atoms with van der Waals surface area (Å²) in [4.78, 5) is 10.2. The minimum atomic E-state index is -0.879. The van der Waals surface area contributed by atoms with Gasteiger partial charge in [-0.15, -0.1) is 0 Å². The zero-order valence-corrected chi connectivity index (χ0v) is 10.2. The molecule has 0 spiro atoms. The fourth-order valence-corrected chi connectivity index (χ4v) is 0.730. The second-order valence-electron chi connectivity index (χ2n) is 2.29. The Morgan fingerprint density at radius 3 is 1.93 bits per heavy atom. The van der Waals surface area contributed by atoms with E-state index < -0.39 is 5.97 Å². The number of carboxylic acids is 1. The van der Waals surface area contributed by atoms with Crippen molar-refractivity contribution < 1.29 is 39.5 Å². The predicted molar refractivity (Wildman–Crippen MR) is 48.8 cm³/mol. The molecule has 0 aliphatic carbocycles. The molecule has 0 unspecified atom stereocenters. The van der Waals surface area contributed by atoms with Crippen LogP contribution in [-0.2, 0) is 0 Å². The minimum absolute atomic E-state index is 0. The van der Waals surface area contributed by atoms with Crippen LogP contribution in [0.4, 0.5) is 0 Å². The first-order valence-corrected chi connectivity index (χ1v) is 3.84. The van der Waals surface area contributed by atoms with Crippen molar-refractivity contribution in [3.63, 3.8) is 0 Å². The summed E-state index contributed by atoms with van der Waals surface area (Å²) in [6, 6.07) is 8.30. The van der Waals surface area contributed by atoms with Crippen LogP contribution in [0.2, 0.25) is 0 Å².